The van der Waals surface area contributed by atoms with Gasteiger partial charge in [-0.05, 0) is 37.8 Å². The van der Waals surface area contributed by atoms with Crippen molar-refractivity contribution in [3.63, 3.8) is 0 Å². The molecule has 6 heteroatoms. The minimum atomic E-state index is -0.567. The zero-order valence-corrected chi connectivity index (χ0v) is 11.3. The Morgan fingerprint density at radius 3 is 2.80 bits per heavy atom. The van der Waals surface area contributed by atoms with E-state index in [4.69, 9.17) is 5.73 Å². The van der Waals surface area contributed by atoms with Crippen LogP contribution in [0.2, 0.25) is 0 Å². The second kappa shape index (κ2) is 5.73. The van der Waals surface area contributed by atoms with E-state index in [0.29, 0.717) is 5.56 Å². The van der Waals surface area contributed by atoms with Gasteiger partial charge in [-0.2, -0.15) is 0 Å². The molecule has 0 heterocycles. The SMILES string of the molecule is Cc1cc(C(=O)N[C@@H]2CC=CCC2)c(N)c([N+](=O)[O-])c1. The van der Waals surface area contributed by atoms with Crippen molar-refractivity contribution in [2.45, 2.75) is 32.2 Å². The van der Waals surface area contributed by atoms with E-state index in [0.717, 1.165) is 19.3 Å². The van der Waals surface area contributed by atoms with Crippen LogP contribution in [-0.4, -0.2) is 16.9 Å². The third kappa shape index (κ3) is 2.96. The van der Waals surface area contributed by atoms with E-state index >= 15 is 0 Å². The molecule has 0 radical (unpaired) electrons. The highest BCUT2D eigenvalue weighted by molar-refractivity contribution is 6.01. The highest BCUT2D eigenvalue weighted by atomic mass is 16.6. The summed E-state index contributed by atoms with van der Waals surface area (Å²) in [6, 6.07) is 3.01. The number of nitrogens with zero attached hydrogens (tertiary/aromatic N) is 1. The predicted octanol–water partition coefficient (Wildman–Crippen LogP) is 2.32. The Morgan fingerprint density at radius 2 is 2.20 bits per heavy atom. The van der Waals surface area contributed by atoms with Gasteiger partial charge in [0, 0.05) is 12.1 Å². The molecule has 2 rings (SSSR count). The molecule has 1 aliphatic rings. The van der Waals surface area contributed by atoms with E-state index in [1.54, 1.807) is 13.0 Å². The predicted molar refractivity (Wildman–Crippen MR) is 76.5 cm³/mol. The number of nitrogens with one attached hydrogen (secondary N) is 1. The van der Waals surface area contributed by atoms with Gasteiger partial charge in [-0.3, -0.25) is 14.9 Å². The van der Waals surface area contributed by atoms with Crippen LogP contribution in [0.15, 0.2) is 24.3 Å². The molecular weight excluding hydrogens is 258 g/mol. The lowest BCUT2D eigenvalue weighted by molar-refractivity contribution is -0.384. The van der Waals surface area contributed by atoms with Gasteiger partial charge in [0.05, 0.1) is 10.5 Å². The third-order valence-electron chi connectivity index (χ3n) is 3.35. The molecule has 0 bridgehead atoms. The molecule has 0 aromatic heterocycles. The molecule has 20 heavy (non-hydrogen) atoms. The molecule has 6 nitrogen and oxygen atoms in total. The number of nitrogens with two attached hydrogens (primary N) is 1. The fraction of sp³-hybridized carbons (Fsp3) is 0.357. The van der Waals surface area contributed by atoms with Crippen LogP contribution in [0.1, 0.15) is 35.2 Å². The average Bonchev–Trinajstić information content (AvgIpc) is 2.41. The maximum Gasteiger partial charge on any atom is 0.293 e. The Balaban J connectivity index is 2.25. The molecule has 106 valence electrons. The number of anilines is 1. The maximum atomic E-state index is 12.2. The first kappa shape index (κ1) is 14.0. The summed E-state index contributed by atoms with van der Waals surface area (Å²) in [4.78, 5) is 22.6. The number of hydrogen-bond acceptors (Lipinski definition) is 4. The smallest absolute Gasteiger partial charge is 0.293 e. The molecule has 3 N–H and O–H groups in total. The van der Waals surface area contributed by atoms with Crippen molar-refractivity contribution in [2.24, 2.45) is 0 Å². The Kier molecular flexibility index (Phi) is 4.02. The number of amides is 1. The quantitative estimate of drug-likeness (QED) is 0.383. The van der Waals surface area contributed by atoms with Gasteiger partial charge in [0.1, 0.15) is 5.69 Å². The fourth-order valence-electron chi connectivity index (χ4n) is 2.31. The second-order valence-corrected chi connectivity index (χ2v) is 4.96. The van der Waals surface area contributed by atoms with Crippen molar-refractivity contribution in [2.75, 3.05) is 5.73 Å². The number of nitro benzene ring substituents is 1. The summed E-state index contributed by atoms with van der Waals surface area (Å²) in [5, 5.41) is 13.8. The number of nitrogen functional groups attached to an aromatic ring is 1. The summed E-state index contributed by atoms with van der Waals surface area (Å²) in [7, 11) is 0. The number of allylic oxidation sites excluding steroid dienone is 1. The van der Waals surface area contributed by atoms with Gasteiger partial charge in [0.2, 0.25) is 0 Å². The van der Waals surface area contributed by atoms with E-state index in [1.807, 2.05) is 6.08 Å². The van der Waals surface area contributed by atoms with Gasteiger partial charge in [0.15, 0.2) is 0 Å². The molecule has 1 aromatic rings. The van der Waals surface area contributed by atoms with Crippen LogP contribution in [0.25, 0.3) is 0 Å². The van der Waals surface area contributed by atoms with Crippen molar-refractivity contribution >= 4 is 17.3 Å². The normalized spacial score (nSPS) is 17.8. The minimum absolute atomic E-state index is 0.0615. The van der Waals surface area contributed by atoms with Crippen molar-refractivity contribution < 1.29 is 9.72 Å². The van der Waals surface area contributed by atoms with E-state index in [-0.39, 0.29) is 28.9 Å². The summed E-state index contributed by atoms with van der Waals surface area (Å²) < 4.78 is 0. The van der Waals surface area contributed by atoms with Crippen LogP contribution in [-0.2, 0) is 0 Å². The number of benzene rings is 1. The van der Waals surface area contributed by atoms with Gasteiger partial charge >= 0.3 is 0 Å². The first-order valence-electron chi connectivity index (χ1n) is 6.49. The van der Waals surface area contributed by atoms with Crippen LogP contribution >= 0.6 is 0 Å². The standard InChI is InChI=1S/C14H17N3O3/c1-9-7-11(13(15)12(8-9)17(19)20)14(18)16-10-5-3-2-4-6-10/h2-3,7-8,10H,4-6,15H2,1H3,(H,16,18)/t10-/m1/s1. The van der Waals surface area contributed by atoms with Crippen molar-refractivity contribution in [1.29, 1.82) is 0 Å². The molecule has 1 amide bonds. The lowest BCUT2D eigenvalue weighted by Gasteiger charge is -2.20. The average molecular weight is 275 g/mol. The van der Waals surface area contributed by atoms with Gasteiger partial charge in [-0.15, -0.1) is 0 Å². The van der Waals surface area contributed by atoms with Crippen molar-refractivity contribution in [1.82, 2.24) is 5.32 Å². The van der Waals surface area contributed by atoms with Crippen LogP contribution < -0.4 is 11.1 Å². The largest absolute Gasteiger partial charge is 0.393 e. The summed E-state index contributed by atoms with van der Waals surface area (Å²) in [5.74, 6) is -0.352. The molecule has 0 fully saturated rings. The van der Waals surface area contributed by atoms with Gasteiger partial charge < -0.3 is 11.1 Å². The highest BCUT2D eigenvalue weighted by Gasteiger charge is 2.22. The lowest BCUT2D eigenvalue weighted by atomic mass is 10.0. The molecule has 1 aliphatic carbocycles. The first-order chi connectivity index (χ1) is 9.49. The van der Waals surface area contributed by atoms with Gasteiger partial charge in [-0.25, -0.2) is 0 Å². The van der Waals surface area contributed by atoms with Gasteiger partial charge in [0.25, 0.3) is 11.6 Å². The molecule has 0 unspecified atom stereocenters. The summed E-state index contributed by atoms with van der Waals surface area (Å²) in [5.41, 5.74) is 6.25. The van der Waals surface area contributed by atoms with E-state index in [2.05, 4.69) is 11.4 Å². The van der Waals surface area contributed by atoms with Crippen LogP contribution in [0.4, 0.5) is 11.4 Å². The first-order valence-corrected chi connectivity index (χ1v) is 6.49. The molecular formula is C14H17N3O3. The molecule has 0 spiro atoms. The number of nitro groups is 1. The van der Waals surface area contributed by atoms with E-state index in [1.165, 1.54) is 6.07 Å². The van der Waals surface area contributed by atoms with Crippen LogP contribution in [0.3, 0.4) is 0 Å². The van der Waals surface area contributed by atoms with Crippen molar-refractivity contribution in [3.05, 3.63) is 45.5 Å². The topological polar surface area (TPSA) is 98.3 Å². The summed E-state index contributed by atoms with van der Waals surface area (Å²) in [6.45, 7) is 1.70. The minimum Gasteiger partial charge on any atom is -0.393 e. The van der Waals surface area contributed by atoms with E-state index in [9.17, 15) is 14.9 Å². The molecule has 0 saturated heterocycles. The molecule has 0 saturated carbocycles. The molecule has 1 aromatic carbocycles. The van der Waals surface area contributed by atoms with Crippen molar-refractivity contribution in [3.8, 4) is 0 Å². The number of carbonyl (C=O) groups is 1. The second-order valence-electron chi connectivity index (χ2n) is 4.96. The third-order valence-corrected chi connectivity index (χ3v) is 3.35. The number of aryl methyl sites for hydroxylation is 1. The summed E-state index contributed by atoms with van der Waals surface area (Å²) >= 11 is 0. The van der Waals surface area contributed by atoms with Crippen LogP contribution in [0.5, 0.6) is 0 Å². The van der Waals surface area contributed by atoms with E-state index < -0.39 is 4.92 Å². The highest BCUT2D eigenvalue weighted by Crippen LogP contribution is 2.27. The number of hydrogen-bond donors (Lipinski definition) is 2. The van der Waals surface area contributed by atoms with Gasteiger partial charge in [-0.1, -0.05) is 12.2 Å². The molecule has 0 aliphatic heterocycles. The fourth-order valence-corrected chi connectivity index (χ4v) is 2.31. The Bertz CT molecular complexity index is 581. The molecule has 1 atom stereocenters. The summed E-state index contributed by atoms with van der Waals surface area (Å²) in [6.07, 6.45) is 6.68. The number of carbonyl (C=O) groups excluding carboxylic acids is 1. The number of rotatable bonds is 3. The Hall–Kier alpha value is -2.37. The Labute approximate surface area is 116 Å². The zero-order valence-electron chi connectivity index (χ0n) is 11.3. The zero-order chi connectivity index (χ0) is 14.7. The lowest BCUT2D eigenvalue weighted by Crippen LogP contribution is -2.35. The Morgan fingerprint density at radius 1 is 1.45 bits per heavy atom. The maximum absolute atomic E-state index is 12.2. The van der Waals surface area contributed by atoms with Crippen LogP contribution in [0, 0.1) is 17.0 Å². The monoisotopic (exact) mass is 275 g/mol.